The molecule has 1 amide bonds. The molecule has 1 aromatic carbocycles. The van der Waals surface area contributed by atoms with Crippen molar-refractivity contribution in [3.05, 3.63) is 59.1 Å². The van der Waals surface area contributed by atoms with Crippen molar-refractivity contribution < 1.29 is 28.6 Å². The Bertz CT molecular complexity index is 999. The molecule has 2 heterocycles. The van der Waals surface area contributed by atoms with Gasteiger partial charge in [-0.3, -0.25) is 9.59 Å². The van der Waals surface area contributed by atoms with E-state index in [0.29, 0.717) is 37.3 Å². The molecule has 0 aromatic heterocycles. The lowest BCUT2D eigenvalue weighted by atomic mass is 9.84. The van der Waals surface area contributed by atoms with Gasteiger partial charge in [0.25, 0.3) is 5.91 Å². The van der Waals surface area contributed by atoms with Crippen LogP contribution in [-0.4, -0.2) is 61.9 Å². The molecule has 0 saturated carbocycles. The average molecular weight is 456 g/mol. The number of nitrogens with zero attached hydrogens (tertiary/aromatic N) is 2. The second-order valence-corrected chi connectivity index (χ2v) is 7.91. The van der Waals surface area contributed by atoms with Gasteiger partial charge in [0.15, 0.2) is 6.61 Å². The highest BCUT2D eigenvalue weighted by atomic mass is 16.6. The number of aliphatic imine (C=N–C) groups is 1. The topological polar surface area (TPSA) is 121 Å². The highest BCUT2D eigenvalue weighted by Gasteiger charge is 2.46. The van der Waals surface area contributed by atoms with Crippen LogP contribution >= 0.6 is 0 Å². The fourth-order valence-electron chi connectivity index (χ4n) is 4.27. The molecule has 2 aliphatic rings. The Kier molecular flexibility index (Phi) is 8.00. The number of carbonyl (C=O) groups is 3. The number of nitrogens with two attached hydrogens (primary N) is 1. The minimum absolute atomic E-state index is 0.0947. The number of methoxy groups -OCH3 is 2. The third kappa shape index (κ3) is 5.48. The van der Waals surface area contributed by atoms with E-state index in [9.17, 15) is 14.4 Å². The van der Waals surface area contributed by atoms with Crippen LogP contribution in [0.15, 0.2) is 58.5 Å². The first-order chi connectivity index (χ1) is 15.9. The number of benzene rings is 1. The van der Waals surface area contributed by atoms with E-state index in [1.54, 1.807) is 14.0 Å². The summed E-state index contributed by atoms with van der Waals surface area (Å²) in [5, 5.41) is 0. The summed E-state index contributed by atoms with van der Waals surface area (Å²) in [5.74, 6) is -2.64. The molecule has 1 aromatic rings. The van der Waals surface area contributed by atoms with Crippen molar-refractivity contribution in [2.75, 3.05) is 27.4 Å². The Labute approximate surface area is 192 Å². The number of hydrogen-bond donors (Lipinski definition) is 1. The third-order valence-electron chi connectivity index (χ3n) is 5.69. The van der Waals surface area contributed by atoms with E-state index in [-0.39, 0.29) is 30.0 Å². The molecule has 2 unspecified atom stereocenters. The van der Waals surface area contributed by atoms with E-state index >= 15 is 0 Å². The van der Waals surface area contributed by atoms with Crippen molar-refractivity contribution >= 4 is 23.6 Å². The summed E-state index contributed by atoms with van der Waals surface area (Å²) in [5.41, 5.74) is 7.78. The average Bonchev–Trinajstić information content (AvgIpc) is 3.10. The second-order valence-electron chi connectivity index (χ2n) is 7.91. The first-order valence-corrected chi connectivity index (χ1v) is 10.7. The SMILES string of the molecule is COCCCC1C(C(=O)C(N)=O)=C2C(OCC(=O)OC)=NC(C)=CN2C1Cc1ccccc1. The van der Waals surface area contributed by atoms with E-state index in [0.717, 1.165) is 5.56 Å². The number of primary amides is 1. The smallest absolute Gasteiger partial charge is 0.343 e. The zero-order valence-corrected chi connectivity index (χ0v) is 19.1. The lowest BCUT2D eigenvalue weighted by Crippen LogP contribution is -2.36. The number of carbonyl (C=O) groups excluding carboxylic acids is 3. The number of ether oxygens (including phenoxy) is 3. The summed E-state index contributed by atoms with van der Waals surface area (Å²) < 4.78 is 15.5. The molecule has 0 fully saturated rings. The lowest BCUT2D eigenvalue weighted by Gasteiger charge is -2.32. The number of esters is 1. The van der Waals surface area contributed by atoms with Crippen molar-refractivity contribution in [3.63, 3.8) is 0 Å². The zero-order chi connectivity index (χ0) is 24.0. The van der Waals surface area contributed by atoms with E-state index in [4.69, 9.17) is 15.2 Å². The maximum absolute atomic E-state index is 13.0. The standard InChI is InChI=1S/C24H29N3O6/c1-15-13-27-18(12-16-8-5-4-6-9-16)17(10-7-11-31-2)20(22(29)23(25)30)21(27)24(26-15)33-14-19(28)32-3/h4-6,8-9,13,17-18H,7,10-12,14H2,1-3H3,(H2,25,30). The zero-order valence-electron chi connectivity index (χ0n) is 19.1. The molecule has 0 spiro atoms. The maximum Gasteiger partial charge on any atom is 0.343 e. The van der Waals surface area contributed by atoms with E-state index in [1.807, 2.05) is 41.4 Å². The number of hydrogen-bond acceptors (Lipinski definition) is 8. The van der Waals surface area contributed by atoms with Crippen LogP contribution in [0.2, 0.25) is 0 Å². The summed E-state index contributed by atoms with van der Waals surface area (Å²) in [6.07, 6.45) is 3.72. The summed E-state index contributed by atoms with van der Waals surface area (Å²) >= 11 is 0. The minimum atomic E-state index is -1.05. The minimum Gasteiger partial charge on any atom is -0.466 e. The molecular formula is C24H29N3O6. The molecular weight excluding hydrogens is 426 g/mol. The van der Waals surface area contributed by atoms with Gasteiger partial charge in [-0.1, -0.05) is 30.3 Å². The molecule has 2 aliphatic heterocycles. The van der Waals surface area contributed by atoms with Crippen molar-refractivity contribution in [2.24, 2.45) is 16.6 Å². The third-order valence-corrected chi connectivity index (χ3v) is 5.69. The Morgan fingerprint density at radius 3 is 2.52 bits per heavy atom. The van der Waals surface area contributed by atoms with Crippen molar-refractivity contribution in [1.82, 2.24) is 4.90 Å². The first kappa shape index (κ1) is 24.2. The molecule has 33 heavy (non-hydrogen) atoms. The van der Waals surface area contributed by atoms with Gasteiger partial charge in [-0.05, 0) is 31.7 Å². The lowest BCUT2D eigenvalue weighted by molar-refractivity contribution is -0.143. The summed E-state index contributed by atoms with van der Waals surface area (Å²) in [6, 6.07) is 9.71. The fraction of sp³-hybridized carbons (Fsp3) is 0.417. The number of ketones is 1. The quantitative estimate of drug-likeness (QED) is 0.324. The van der Waals surface area contributed by atoms with Gasteiger partial charge in [0, 0.05) is 37.4 Å². The molecule has 0 saturated heterocycles. The predicted molar refractivity (Wildman–Crippen MR) is 121 cm³/mol. The number of allylic oxidation sites excluding steroid dienone is 1. The number of Topliss-reactive ketones (excluding diaryl/α,β-unsaturated/α-hetero) is 1. The molecule has 9 nitrogen and oxygen atoms in total. The van der Waals surface area contributed by atoms with Gasteiger partial charge in [0.1, 0.15) is 5.70 Å². The molecule has 0 aliphatic carbocycles. The first-order valence-electron chi connectivity index (χ1n) is 10.7. The second kappa shape index (κ2) is 10.9. The van der Waals surface area contributed by atoms with Crippen LogP contribution in [0, 0.1) is 5.92 Å². The van der Waals surface area contributed by atoms with Gasteiger partial charge < -0.3 is 24.8 Å². The van der Waals surface area contributed by atoms with Crippen LogP contribution in [0.3, 0.4) is 0 Å². The van der Waals surface area contributed by atoms with Crippen molar-refractivity contribution in [2.45, 2.75) is 32.2 Å². The Morgan fingerprint density at radius 1 is 1.15 bits per heavy atom. The van der Waals surface area contributed by atoms with Crippen LogP contribution < -0.4 is 5.73 Å². The van der Waals surface area contributed by atoms with Gasteiger partial charge in [-0.2, -0.15) is 0 Å². The largest absolute Gasteiger partial charge is 0.466 e. The van der Waals surface area contributed by atoms with Crippen LogP contribution in [0.25, 0.3) is 0 Å². The van der Waals surface area contributed by atoms with Gasteiger partial charge in [-0.25, -0.2) is 9.79 Å². The van der Waals surface area contributed by atoms with E-state index in [2.05, 4.69) is 9.73 Å². The highest BCUT2D eigenvalue weighted by Crippen LogP contribution is 2.42. The summed E-state index contributed by atoms with van der Waals surface area (Å²) in [4.78, 5) is 43.1. The number of amides is 1. The number of rotatable bonds is 10. The normalized spacial score (nSPS) is 19.5. The summed E-state index contributed by atoms with van der Waals surface area (Å²) in [6.45, 7) is 1.93. The fourth-order valence-corrected chi connectivity index (χ4v) is 4.27. The monoisotopic (exact) mass is 455 g/mol. The van der Waals surface area contributed by atoms with Gasteiger partial charge in [0.05, 0.1) is 12.8 Å². The highest BCUT2D eigenvalue weighted by molar-refractivity contribution is 6.43. The predicted octanol–water partition coefficient (Wildman–Crippen LogP) is 1.73. The van der Waals surface area contributed by atoms with Crippen molar-refractivity contribution in [3.8, 4) is 0 Å². The molecule has 0 radical (unpaired) electrons. The van der Waals surface area contributed by atoms with Crippen LogP contribution in [0.1, 0.15) is 25.3 Å². The molecule has 2 atom stereocenters. The van der Waals surface area contributed by atoms with Gasteiger partial charge in [0.2, 0.25) is 11.7 Å². The summed E-state index contributed by atoms with van der Waals surface area (Å²) in [7, 11) is 2.87. The van der Waals surface area contributed by atoms with Gasteiger partial charge >= 0.3 is 5.97 Å². The molecule has 176 valence electrons. The van der Waals surface area contributed by atoms with E-state index in [1.165, 1.54) is 7.11 Å². The molecule has 9 heteroatoms. The van der Waals surface area contributed by atoms with Crippen LogP contribution in [0.5, 0.6) is 0 Å². The van der Waals surface area contributed by atoms with E-state index < -0.39 is 17.7 Å². The van der Waals surface area contributed by atoms with Crippen molar-refractivity contribution in [1.29, 1.82) is 0 Å². The molecule has 3 rings (SSSR count). The Balaban J connectivity index is 2.08. The Hall–Kier alpha value is -3.46. The Morgan fingerprint density at radius 2 is 1.88 bits per heavy atom. The number of fused-ring (bicyclic) bond motifs is 1. The van der Waals surface area contributed by atoms with Crippen LogP contribution in [-0.2, 0) is 35.0 Å². The van der Waals surface area contributed by atoms with Gasteiger partial charge in [-0.15, -0.1) is 0 Å². The molecule has 2 N–H and O–H groups in total. The van der Waals surface area contributed by atoms with Crippen LogP contribution in [0.4, 0.5) is 0 Å². The molecule has 0 bridgehead atoms. The maximum atomic E-state index is 13.0.